The van der Waals surface area contributed by atoms with E-state index in [0.29, 0.717) is 0 Å². The summed E-state index contributed by atoms with van der Waals surface area (Å²) in [5.41, 5.74) is 5.94. The van der Waals surface area contributed by atoms with Gasteiger partial charge in [0, 0.05) is 5.41 Å². The van der Waals surface area contributed by atoms with Crippen LogP contribution in [0.2, 0.25) is 0 Å². The first-order valence-electron chi connectivity index (χ1n) is 8.49. The highest BCUT2D eigenvalue weighted by Crippen LogP contribution is 2.56. The zero-order valence-electron chi connectivity index (χ0n) is 13.5. The van der Waals surface area contributed by atoms with Gasteiger partial charge in [-0.05, 0) is 58.9 Å². The Hall–Kier alpha value is -2.48. The molecule has 1 spiro atoms. The highest BCUT2D eigenvalue weighted by atomic mass is 19.1. The van der Waals surface area contributed by atoms with Crippen LogP contribution in [-0.2, 0) is 10.2 Å². The van der Waals surface area contributed by atoms with Crippen LogP contribution in [0.5, 0.6) is 0 Å². The minimum Gasteiger partial charge on any atom is -0.299 e. The second-order valence-electron chi connectivity index (χ2n) is 6.63. The summed E-state index contributed by atoms with van der Waals surface area (Å²) in [6, 6.07) is 15.2. The fraction of sp³-hybridized carbons (Fsp3) is 0.227. The first-order chi connectivity index (χ1) is 11.8. The highest BCUT2D eigenvalue weighted by Gasteiger charge is 2.45. The van der Waals surface area contributed by atoms with Crippen LogP contribution < -0.4 is 0 Å². The number of hydrogen-bond acceptors (Lipinski definition) is 1. The van der Waals surface area contributed by atoms with Crippen LogP contribution >= 0.6 is 0 Å². The second kappa shape index (κ2) is 5.86. The van der Waals surface area contributed by atoms with E-state index in [-0.39, 0.29) is 11.2 Å². The summed E-state index contributed by atoms with van der Waals surface area (Å²) >= 11 is 0. The van der Waals surface area contributed by atoms with Gasteiger partial charge in [0.2, 0.25) is 0 Å². The van der Waals surface area contributed by atoms with E-state index in [1.54, 1.807) is 6.08 Å². The molecule has 4 rings (SSSR count). The second-order valence-corrected chi connectivity index (χ2v) is 6.63. The van der Waals surface area contributed by atoms with Gasteiger partial charge >= 0.3 is 0 Å². The fourth-order valence-corrected chi connectivity index (χ4v) is 4.47. The topological polar surface area (TPSA) is 17.1 Å². The Bertz CT molecular complexity index is 837. The first kappa shape index (κ1) is 15.1. The molecule has 1 fully saturated rings. The number of benzene rings is 2. The molecule has 0 bridgehead atoms. The van der Waals surface area contributed by atoms with Gasteiger partial charge in [0.15, 0.2) is 0 Å². The van der Waals surface area contributed by atoms with Crippen molar-refractivity contribution >= 4 is 11.9 Å². The van der Waals surface area contributed by atoms with Crippen LogP contribution in [0, 0.1) is 5.82 Å². The molecule has 2 aromatic rings. The van der Waals surface area contributed by atoms with Gasteiger partial charge in [-0.2, -0.15) is 0 Å². The summed E-state index contributed by atoms with van der Waals surface area (Å²) in [6.07, 6.45) is 9.00. The average molecular weight is 318 g/mol. The van der Waals surface area contributed by atoms with Crippen LogP contribution in [0.3, 0.4) is 0 Å². The van der Waals surface area contributed by atoms with Crippen LogP contribution in [-0.4, -0.2) is 6.29 Å². The number of allylic oxidation sites excluding steroid dienone is 3. The highest BCUT2D eigenvalue weighted by molar-refractivity contribution is 5.92. The Balaban J connectivity index is 2.01. The zero-order valence-corrected chi connectivity index (χ0v) is 13.5. The van der Waals surface area contributed by atoms with Crippen molar-refractivity contribution in [1.82, 2.24) is 0 Å². The van der Waals surface area contributed by atoms with Crippen molar-refractivity contribution in [3.8, 4) is 0 Å². The van der Waals surface area contributed by atoms with Crippen molar-refractivity contribution in [1.29, 1.82) is 0 Å². The first-order valence-corrected chi connectivity index (χ1v) is 8.49. The van der Waals surface area contributed by atoms with E-state index in [1.165, 1.54) is 41.7 Å². The lowest BCUT2D eigenvalue weighted by Crippen LogP contribution is -2.21. The summed E-state index contributed by atoms with van der Waals surface area (Å²) in [5, 5.41) is 0. The minimum atomic E-state index is -0.230. The van der Waals surface area contributed by atoms with Crippen LogP contribution in [0.25, 0.3) is 5.57 Å². The van der Waals surface area contributed by atoms with E-state index in [0.717, 1.165) is 30.3 Å². The molecule has 1 saturated carbocycles. The molecule has 0 atom stereocenters. The van der Waals surface area contributed by atoms with Crippen LogP contribution in [0.4, 0.5) is 4.39 Å². The predicted molar refractivity (Wildman–Crippen MR) is 94.2 cm³/mol. The van der Waals surface area contributed by atoms with Crippen molar-refractivity contribution in [2.24, 2.45) is 0 Å². The molecule has 0 heterocycles. The molecule has 0 aromatic heterocycles. The Labute approximate surface area is 141 Å². The molecule has 1 nitrogen and oxygen atoms in total. The maximum atomic E-state index is 13.4. The lowest BCUT2D eigenvalue weighted by molar-refractivity contribution is -0.104. The van der Waals surface area contributed by atoms with E-state index < -0.39 is 0 Å². The van der Waals surface area contributed by atoms with Gasteiger partial charge < -0.3 is 0 Å². The summed E-state index contributed by atoms with van der Waals surface area (Å²) < 4.78 is 13.4. The molecule has 2 aliphatic carbocycles. The predicted octanol–water partition coefficient (Wildman–Crippen LogP) is 5.21. The minimum absolute atomic E-state index is 0.000176. The molecule has 2 aliphatic rings. The van der Waals surface area contributed by atoms with Gasteiger partial charge in [-0.1, -0.05) is 55.3 Å². The van der Waals surface area contributed by atoms with Crippen molar-refractivity contribution in [3.63, 3.8) is 0 Å². The zero-order chi connectivity index (χ0) is 16.6. The smallest absolute Gasteiger partial charge is 0.142 e. The van der Waals surface area contributed by atoms with E-state index in [2.05, 4.69) is 24.3 Å². The van der Waals surface area contributed by atoms with Crippen LogP contribution in [0.1, 0.15) is 42.4 Å². The Morgan fingerprint density at radius 1 is 0.958 bits per heavy atom. The lowest BCUT2D eigenvalue weighted by atomic mass is 9.75. The third-order valence-electron chi connectivity index (χ3n) is 5.43. The largest absolute Gasteiger partial charge is 0.299 e. The number of carbonyl (C=O) groups excluding carboxylic acids is 1. The average Bonchev–Trinajstić information content (AvgIpc) is 3.20. The Morgan fingerprint density at radius 3 is 2.38 bits per heavy atom. The summed E-state index contributed by atoms with van der Waals surface area (Å²) in [4.78, 5) is 11.0. The maximum Gasteiger partial charge on any atom is 0.142 e. The molecule has 0 unspecified atom stereocenters. The van der Waals surface area contributed by atoms with E-state index in [4.69, 9.17) is 0 Å². The third kappa shape index (κ3) is 2.17. The van der Waals surface area contributed by atoms with E-state index >= 15 is 0 Å². The van der Waals surface area contributed by atoms with Crippen LogP contribution in [0.15, 0.2) is 66.3 Å². The lowest BCUT2D eigenvalue weighted by Gasteiger charge is -2.27. The van der Waals surface area contributed by atoms with Gasteiger partial charge in [0.25, 0.3) is 0 Å². The SMILES string of the molecule is O=C/C=C/C1=C(c2ccc(F)cc2)c2ccccc2C12CCCC2. The van der Waals surface area contributed by atoms with E-state index in [1.807, 2.05) is 18.2 Å². The maximum absolute atomic E-state index is 13.4. The summed E-state index contributed by atoms with van der Waals surface area (Å²) in [5.74, 6) is -0.230. The quantitative estimate of drug-likeness (QED) is 0.561. The molecule has 0 aliphatic heterocycles. The summed E-state index contributed by atoms with van der Waals surface area (Å²) in [7, 11) is 0. The monoisotopic (exact) mass is 318 g/mol. The Kier molecular flexibility index (Phi) is 3.68. The normalized spacial score (nSPS) is 18.5. The summed E-state index contributed by atoms with van der Waals surface area (Å²) in [6.45, 7) is 0. The molecular formula is C22H19FO. The molecule has 0 amide bonds. The number of rotatable bonds is 3. The number of fused-ring (bicyclic) bond motifs is 2. The number of aldehydes is 1. The molecule has 2 aromatic carbocycles. The molecule has 0 saturated heterocycles. The van der Waals surface area contributed by atoms with Gasteiger partial charge in [-0.3, -0.25) is 4.79 Å². The molecule has 120 valence electrons. The Morgan fingerprint density at radius 2 is 1.67 bits per heavy atom. The number of carbonyl (C=O) groups is 1. The van der Waals surface area contributed by atoms with Gasteiger partial charge in [-0.15, -0.1) is 0 Å². The van der Waals surface area contributed by atoms with Crippen molar-refractivity contribution < 1.29 is 9.18 Å². The third-order valence-corrected chi connectivity index (χ3v) is 5.43. The molecule has 0 N–H and O–H groups in total. The number of hydrogen-bond donors (Lipinski definition) is 0. The molecule has 24 heavy (non-hydrogen) atoms. The number of halogens is 1. The van der Waals surface area contributed by atoms with E-state index in [9.17, 15) is 9.18 Å². The van der Waals surface area contributed by atoms with Gasteiger partial charge in [0.1, 0.15) is 12.1 Å². The fourth-order valence-electron chi connectivity index (χ4n) is 4.47. The van der Waals surface area contributed by atoms with Crippen molar-refractivity contribution in [3.05, 3.63) is 88.8 Å². The molecule has 0 radical (unpaired) electrons. The van der Waals surface area contributed by atoms with Gasteiger partial charge in [-0.25, -0.2) is 4.39 Å². The van der Waals surface area contributed by atoms with Crippen molar-refractivity contribution in [2.45, 2.75) is 31.1 Å². The molecule has 2 heteroatoms. The molecular weight excluding hydrogens is 299 g/mol. The van der Waals surface area contributed by atoms with Crippen molar-refractivity contribution in [2.75, 3.05) is 0 Å². The van der Waals surface area contributed by atoms with Gasteiger partial charge in [0.05, 0.1) is 0 Å². The standard InChI is InChI=1S/C22H19FO/c23-17-11-9-16(10-12-17)21-18-6-1-2-7-19(18)22(13-3-4-14-22)20(21)8-5-15-24/h1-2,5-12,15H,3-4,13-14H2/b8-5+.